The molecule has 136 valence electrons. The van der Waals surface area contributed by atoms with E-state index in [4.69, 9.17) is 0 Å². The molecule has 0 aliphatic heterocycles. The van der Waals surface area contributed by atoms with Crippen molar-refractivity contribution in [1.82, 2.24) is 15.2 Å². The van der Waals surface area contributed by atoms with Crippen molar-refractivity contribution in [2.75, 3.05) is 13.7 Å². The van der Waals surface area contributed by atoms with Crippen LogP contribution in [0.2, 0.25) is 0 Å². The molecule has 0 saturated carbocycles. The number of carboxylic acid groups (broad SMARTS) is 1. The number of H-pyrrole nitrogens is 1. The van der Waals surface area contributed by atoms with Crippen LogP contribution < -0.4 is 0 Å². The van der Waals surface area contributed by atoms with Crippen molar-refractivity contribution >= 4 is 11.7 Å². The van der Waals surface area contributed by atoms with E-state index in [1.165, 1.54) is 13.2 Å². The average molecular weight is 361 g/mol. The van der Waals surface area contributed by atoms with Gasteiger partial charge in [-0.05, 0) is 6.92 Å². The van der Waals surface area contributed by atoms with E-state index < -0.39 is 22.7 Å². The predicted molar refractivity (Wildman–Crippen MR) is 85.7 cm³/mol. The highest BCUT2D eigenvalue weighted by molar-refractivity contribution is 5.76. The van der Waals surface area contributed by atoms with Gasteiger partial charge in [0.05, 0.1) is 30.6 Å². The van der Waals surface area contributed by atoms with Crippen LogP contribution in [0, 0.1) is 34.3 Å². The van der Waals surface area contributed by atoms with Gasteiger partial charge < -0.3 is 5.11 Å². The average Bonchev–Trinajstić information content (AvgIpc) is 3.07. The van der Waals surface area contributed by atoms with Crippen molar-refractivity contribution in [2.45, 2.75) is 12.8 Å². The summed E-state index contributed by atoms with van der Waals surface area (Å²) in [6.07, 6.45) is 0. The molecule has 2 rings (SSSR count). The third-order valence-electron chi connectivity index (χ3n) is 3.66. The van der Waals surface area contributed by atoms with Crippen molar-refractivity contribution < 1.29 is 24.6 Å². The lowest BCUT2D eigenvalue weighted by atomic mass is 9.93. The van der Waals surface area contributed by atoms with Crippen LogP contribution in [-0.4, -0.2) is 44.9 Å². The zero-order valence-electron chi connectivity index (χ0n) is 13.9. The molecular weight excluding hydrogens is 346 g/mol. The van der Waals surface area contributed by atoms with E-state index in [0.717, 1.165) is 0 Å². The number of aliphatic carboxylic acids is 1. The summed E-state index contributed by atoms with van der Waals surface area (Å²) >= 11 is 0. The number of hydrogen-bond acceptors (Lipinski definition) is 8. The Hall–Kier alpha value is -3.36. The first kappa shape index (κ1) is 19.0. The van der Waals surface area contributed by atoms with Gasteiger partial charge in [-0.25, -0.2) is 14.8 Å². The highest BCUT2D eigenvalue weighted by Crippen LogP contribution is 2.27. The molecule has 0 aliphatic rings. The fourth-order valence-corrected chi connectivity index (χ4v) is 2.32. The SMILES string of the molecule is COOCC(C#N)C(C(=O)O)c1nc(-c2ccc(C)c([N+](=O)[O-])c2)n[nH]1. The van der Waals surface area contributed by atoms with Crippen LogP contribution in [0.15, 0.2) is 18.2 Å². The molecule has 11 heteroatoms. The minimum Gasteiger partial charge on any atom is -0.481 e. The smallest absolute Gasteiger partial charge is 0.315 e. The first-order valence-corrected chi connectivity index (χ1v) is 7.34. The van der Waals surface area contributed by atoms with Gasteiger partial charge >= 0.3 is 5.97 Å². The minimum atomic E-state index is -1.34. The van der Waals surface area contributed by atoms with E-state index in [1.54, 1.807) is 19.1 Å². The molecule has 11 nitrogen and oxygen atoms in total. The molecule has 2 unspecified atom stereocenters. The Balaban J connectivity index is 2.38. The highest BCUT2D eigenvalue weighted by atomic mass is 17.2. The Labute approximate surface area is 147 Å². The molecule has 0 fully saturated rings. The molecule has 2 atom stereocenters. The number of carboxylic acids is 1. The number of aromatic nitrogens is 3. The lowest BCUT2D eigenvalue weighted by Gasteiger charge is -2.14. The van der Waals surface area contributed by atoms with Crippen LogP contribution in [0.3, 0.4) is 0 Å². The topological polar surface area (TPSA) is 164 Å². The molecule has 0 radical (unpaired) electrons. The predicted octanol–water partition coefficient (Wildman–Crippen LogP) is 1.57. The number of carbonyl (C=O) groups is 1. The van der Waals surface area contributed by atoms with E-state index >= 15 is 0 Å². The van der Waals surface area contributed by atoms with Crippen LogP contribution in [0.5, 0.6) is 0 Å². The molecule has 0 spiro atoms. The van der Waals surface area contributed by atoms with Crippen molar-refractivity contribution in [1.29, 1.82) is 5.26 Å². The van der Waals surface area contributed by atoms with Crippen LogP contribution >= 0.6 is 0 Å². The van der Waals surface area contributed by atoms with E-state index in [1.807, 2.05) is 6.07 Å². The second-order valence-corrected chi connectivity index (χ2v) is 5.31. The van der Waals surface area contributed by atoms with Gasteiger partial charge in [0.2, 0.25) is 0 Å². The number of rotatable bonds is 8. The fourth-order valence-electron chi connectivity index (χ4n) is 2.32. The number of aromatic amines is 1. The molecule has 1 heterocycles. The van der Waals surface area contributed by atoms with Gasteiger partial charge in [0.1, 0.15) is 11.7 Å². The molecule has 2 aromatic rings. The number of nitro benzene ring substituents is 1. The van der Waals surface area contributed by atoms with Gasteiger partial charge in [0.25, 0.3) is 5.69 Å². The van der Waals surface area contributed by atoms with Crippen LogP contribution in [0.4, 0.5) is 5.69 Å². The third-order valence-corrected chi connectivity index (χ3v) is 3.66. The number of benzene rings is 1. The van der Waals surface area contributed by atoms with Gasteiger partial charge in [0, 0.05) is 17.2 Å². The van der Waals surface area contributed by atoms with Crippen LogP contribution in [0.25, 0.3) is 11.4 Å². The molecule has 0 aliphatic carbocycles. The number of nitro groups is 1. The van der Waals surface area contributed by atoms with E-state index in [-0.39, 0.29) is 23.9 Å². The Morgan fingerprint density at radius 3 is 2.85 bits per heavy atom. The van der Waals surface area contributed by atoms with E-state index in [9.17, 15) is 25.3 Å². The summed E-state index contributed by atoms with van der Waals surface area (Å²) in [6.45, 7) is 1.31. The summed E-state index contributed by atoms with van der Waals surface area (Å²) in [4.78, 5) is 35.3. The highest BCUT2D eigenvalue weighted by Gasteiger charge is 2.34. The van der Waals surface area contributed by atoms with Gasteiger partial charge in [-0.2, -0.15) is 10.4 Å². The number of hydrogen-bond donors (Lipinski definition) is 2. The maximum atomic E-state index is 11.6. The first-order valence-electron chi connectivity index (χ1n) is 7.34. The molecule has 2 N–H and O–H groups in total. The zero-order valence-corrected chi connectivity index (χ0v) is 13.9. The third kappa shape index (κ3) is 4.00. The normalized spacial score (nSPS) is 13.0. The van der Waals surface area contributed by atoms with Gasteiger partial charge in [-0.1, -0.05) is 12.1 Å². The van der Waals surface area contributed by atoms with E-state index in [0.29, 0.717) is 11.1 Å². The Kier molecular flexibility index (Phi) is 5.94. The molecule has 0 amide bonds. The van der Waals surface area contributed by atoms with Crippen molar-refractivity contribution in [2.24, 2.45) is 5.92 Å². The van der Waals surface area contributed by atoms with Crippen LogP contribution in [-0.2, 0) is 14.6 Å². The number of nitrogens with zero attached hydrogens (tertiary/aromatic N) is 4. The Morgan fingerprint density at radius 2 is 2.27 bits per heavy atom. The zero-order chi connectivity index (χ0) is 19.3. The summed E-state index contributed by atoms with van der Waals surface area (Å²) in [5.74, 6) is -3.70. The summed E-state index contributed by atoms with van der Waals surface area (Å²) < 4.78 is 0. The van der Waals surface area contributed by atoms with Gasteiger partial charge in [-0.15, -0.1) is 0 Å². The molecule has 0 saturated heterocycles. The van der Waals surface area contributed by atoms with E-state index in [2.05, 4.69) is 25.0 Å². The van der Waals surface area contributed by atoms with Crippen molar-refractivity contribution in [3.63, 3.8) is 0 Å². The second kappa shape index (κ2) is 8.15. The monoisotopic (exact) mass is 361 g/mol. The largest absolute Gasteiger partial charge is 0.481 e. The maximum absolute atomic E-state index is 11.6. The Bertz CT molecular complexity index is 858. The maximum Gasteiger partial charge on any atom is 0.315 e. The summed E-state index contributed by atoms with van der Waals surface area (Å²) in [5, 5.41) is 36.1. The van der Waals surface area contributed by atoms with Gasteiger partial charge in [0.15, 0.2) is 5.82 Å². The molecule has 1 aromatic heterocycles. The van der Waals surface area contributed by atoms with Gasteiger partial charge in [-0.3, -0.25) is 20.0 Å². The molecule has 26 heavy (non-hydrogen) atoms. The first-order chi connectivity index (χ1) is 12.4. The fraction of sp³-hybridized carbons (Fsp3) is 0.333. The Morgan fingerprint density at radius 1 is 1.54 bits per heavy atom. The minimum absolute atomic E-state index is 0.0676. The number of aryl methyl sites for hydroxylation is 1. The lowest BCUT2D eigenvalue weighted by molar-refractivity contribution is -0.385. The van der Waals surface area contributed by atoms with Crippen LogP contribution in [0.1, 0.15) is 17.3 Å². The second-order valence-electron chi connectivity index (χ2n) is 5.31. The lowest BCUT2D eigenvalue weighted by Crippen LogP contribution is -2.25. The number of nitriles is 1. The van der Waals surface area contributed by atoms with Crippen molar-refractivity contribution in [3.8, 4) is 17.5 Å². The quantitative estimate of drug-likeness (QED) is 0.403. The molecule has 1 aromatic carbocycles. The summed E-state index contributed by atoms with van der Waals surface area (Å²) in [5.41, 5.74) is 0.710. The van der Waals surface area contributed by atoms with Crippen molar-refractivity contribution in [3.05, 3.63) is 39.7 Å². The molecular formula is C15H15N5O6. The summed E-state index contributed by atoms with van der Waals surface area (Å²) in [7, 11) is 1.24. The summed E-state index contributed by atoms with van der Waals surface area (Å²) in [6, 6.07) is 6.26. The standard InChI is InChI=1S/C15H15N5O6/c1-8-3-4-9(5-11(8)20(23)24)13-17-14(19-18-13)12(15(21)22)10(6-16)7-26-25-2/h3-5,10,12H,7H2,1-2H3,(H,21,22)(H,17,18,19). The molecule has 0 bridgehead atoms. The number of nitrogens with one attached hydrogen (secondary N) is 1.